The predicted octanol–water partition coefficient (Wildman–Crippen LogP) is 8.68. The first-order chi connectivity index (χ1) is 25.9. The van der Waals surface area contributed by atoms with Crippen molar-refractivity contribution in [1.82, 2.24) is 0 Å². The average Bonchev–Trinajstić information content (AvgIpc) is 3.13. The van der Waals surface area contributed by atoms with Gasteiger partial charge in [-0.2, -0.15) is 0 Å². The molecule has 10 nitrogen and oxygen atoms in total. The molecule has 0 radical (unpaired) electrons. The second kappa shape index (κ2) is 15.7. The fourth-order valence-electron chi connectivity index (χ4n) is 6.98. The molecule has 0 aliphatic heterocycles. The second-order valence-electron chi connectivity index (χ2n) is 13.7. The van der Waals surface area contributed by atoms with Crippen molar-refractivity contribution in [2.75, 3.05) is 7.11 Å². The van der Waals surface area contributed by atoms with E-state index < -0.39 is 35.0 Å². The Hall–Kier alpha value is -5.52. The van der Waals surface area contributed by atoms with Gasteiger partial charge in [0.15, 0.2) is 11.5 Å². The van der Waals surface area contributed by atoms with E-state index in [9.17, 15) is 29.4 Å². The van der Waals surface area contributed by atoms with Crippen molar-refractivity contribution >= 4 is 39.6 Å². The molecular weight excluding hydrogens is 768 g/mol. The van der Waals surface area contributed by atoms with E-state index in [2.05, 4.69) is 22.0 Å². The number of carbonyl (C=O) groups excluding carboxylic acids is 4. The van der Waals surface area contributed by atoms with Gasteiger partial charge in [-0.25, -0.2) is 14.4 Å². The van der Waals surface area contributed by atoms with Crippen LogP contribution in [0.5, 0.6) is 23.0 Å². The van der Waals surface area contributed by atoms with E-state index in [1.807, 2.05) is 51.1 Å². The van der Waals surface area contributed by atoms with Crippen molar-refractivity contribution in [3.8, 4) is 34.1 Å². The number of allylic oxidation sites excluding steroid dienone is 2. The number of hydrogen-bond donors (Lipinski definition) is 2. The van der Waals surface area contributed by atoms with Gasteiger partial charge in [-0.3, -0.25) is 4.79 Å². The fourth-order valence-corrected chi connectivity index (χ4v) is 7.56. The minimum atomic E-state index is -2.41. The van der Waals surface area contributed by atoms with E-state index in [0.29, 0.717) is 34.4 Å². The van der Waals surface area contributed by atoms with E-state index in [1.165, 1.54) is 14.0 Å². The number of esters is 3. The van der Waals surface area contributed by atoms with Crippen LogP contribution < -0.4 is 14.2 Å². The molecule has 4 aromatic carbocycles. The normalized spacial score (nSPS) is 15.2. The van der Waals surface area contributed by atoms with Crippen molar-refractivity contribution < 1.29 is 48.3 Å². The van der Waals surface area contributed by atoms with Gasteiger partial charge in [-0.1, -0.05) is 43.3 Å². The minimum absolute atomic E-state index is 0.0232. The van der Waals surface area contributed by atoms with Crippen LogP contribution in [-0.2, 0) is 20.7 Å². The molecule has 0 unspecified atom stereocenters. The van der Waals surface area contributed by atoms with Crippen LogP contribution in [0.15, 0.2) is 70.4 Å². The number of ether oxygens (including phenoxy) is 4. The lowest BCUT2D eigenvalue weighted by atomic mass is 9.87. The summed E-state index contributed by atoms with van der Waals surface area (Å²) in [4.78, 5) is 53.3. The maximum Gasteiger partial charge on any atom is 0.356 e. The number of phenolic OH excluding ortho intramolecular Hbond substituents is 1. The molecule has 11 heteroatoms. The molecule has 4 aromatic rings. The number of halogens is 1. The summed E-state index contributed by atoms with van der Waals surface area (Å²) >= 11 is 3.24. The summed E-state index contributed by atoms with van der Waals surface area (Å²) in [5.74, 6) is -3.51. The maximum absolute atomic E-state index is 14.1. The smallest absolute Gasteiger partial charge is 0.356 e. The Kier molecular flexibility index (Phi) is 11.6. The number of methoxy groups -OCH3 is 1. The van der Waals surface area contributed by atoms with Crippen molar-refractivity contribution in [3.63, 3.8) is 0 Å². The Morgan fingerprint density at radius 3 is 1.98 bits per heavy atom. The summed E-state index contributed by atoms with van der Waals surface area (Å²) < 4.78 is 22.7. The summed E-state index contributed by atoms with van der Waals surface area (Å²) in [6, 6.07) is 13.5. The molecule has 0 fully saturated rings. The van der Waals surface area contributed by atoms with Gasteiger partial charge in [0.1, 0.15) is 33.0 Å². The highest BCUT2D eigenvalue weighted by molar-refractivity contribution is 9.10. The molecule has 1 atom stereocenters. The van der Waals surface area contributed by atoms with E-state index in [0.717, 1.165) is 40.0 Å². The number of rotatable bonds is 9. The molecule has 55 heavy (non-hydrogen) atoms. The van der Waals surface area contributed by atoms with Crippen molar-refractivity contribution in [2.45, 2.75) is 74.3 Å². The molecule has 0 amide bonds. The molecule has 0 spiro atoms. The Bertz CT molecular complexity index is 2320. The maximum atomic E-state index is 14.1. The number of carbonyl (C=O) groups is 4. The molecule has 5 rings (SSSR count). The zero-order valence-electron chi connectivity index (χ0n) is 32.4. The molecular formula is C44H43BrO10. The van der Waals surface area contributed by atoms with Gasteiger partial charge in [0.2, 0.25) is 5.60 Å². The summed E-state index contributed by atoms with van der Waals surface area (Å²) in [7, 11) is 1.20. The van der Waals surface area contributed by atoms with E-state index in [1.54, 1.807) is 40.7 Å². The van der Waals surface area contributed by atoms with Crippen molar-refractivity contribution in [3.05, 3.63) is 126 Å². The van der Waals surface area contributed by atoms with Gasteiger partial charge in [0.25, 0.3) is 0 Å². The van der Waals surface area contributed by atoms with Crippen LogP contribution in [0.4, 0.5) is 0 Å². The van der Waals surface area contributed by atoms with E-state index >= 15 is 0 Å². The number of phenols is 1. The van der Waals surface area contributed by atoms with E-state index in [4.69, 9.17) is 18.9 Å². The average molecular weight is 812 g/mol. The van der Waals surface area contributed by atoms with Gasteiger partial charge < -0.3 is 29.2 Å². The van der Waals surface area contributed by atoms with Crippen LogP contribution in [-0.4, -0.2) is 46.6 Å². The van der Waals surface area contributed by atoms with Crippen molar-refractivity contribution in [1.29, 1.82) is 0 Å². The molecule has 286 valence electrons. The van der Waals surface area contributed by atoms with E-state index in [-0.39, 0.29) is 44.0 Å². The zero-order valence-corrected chi connectivity index (χ0v) is 34.0. The number of aromatic hydroxyl groups is 1. The highest BCUT2D eigenvalue weighted by atomic mass is 79.9. The third-order valence-corrected chi connectivity index (χ3v) is 11.0. The van der Waals surface area contributed by atoms with Gasteiger partial charge in [-0.05, 0) is 146 Å². The van der Waals surface area contributed by atoms with Gasteiger partial charge in [-0.15, -0.1) is 0 Å². The lowest BCUT2D eigenvalue weighted by Gasteiger charge is -2.30. The first-order valence-corrected chi connectivity index (χ1v) is 18.4. The summed E-state index contributed by atoms with van der Waals surface area (Å²) in [6.07, 6.45) is 2.72. The molecule has 1 aliphatic rings. The number of aliphatic hydroxyl groups is 1. The standard InChI is InChI=1S/C44H43BrO10/c1-11-31-21(2)17-22(3)35(29-15-13-12-14-16-29)40(31)54-41(48)34-23(4)18-32(25(6)26(34)7)53-42(49)36-27(8)28(9)39(37(45)38(36)47)55-43(50)44(51)24(5)19-30(46)20-33(44)52-10/h12-20,47,51H,11H2,1-10H3/t44-/m1/s1. The molecule has 0 saturated heterocycles. The van der Waals surface area contributed by atoms with Gasteiger partial charge >= 0.3 is 17.9 Å². The number of aryl methyl sites for hydroxylation is 3. The summed E-state index contributed by atoms with van der Waals surface area (Å²) in [5.41, 5.74) is 4.47. The largest absolute Gasteiger partial charge is 0.506 e. The Labute approximate surface area is 328 Å². The molecule has 0 saturated carbocycles. The third-order valence-electron chi connectivity index (χ3n) is 10.3. The Morgan fingerprint density at radius 2 is 1.36 bits per heavy atom. The van der Waals surface area contributed by atoms with Gasteiger partial charge in [0.05, 0.1) is 12.7 Å². The van der Waals surface area contributed by atoms with Crippen LogP contribution >= 0.6 is 15.9 Å². The zero-order chi connectivity index (χ0) is 40.7. The fraction of sp³-hybridized carbons (Fsp3) is 0.273. The molecule has 0 aromatic heterocycles. The third kappa shape index (κ3) is 7.22. The van der Waals surface area contributed by atoms with Crippen LogP contribution in [0.25, 0.3) is 11.1 Å². The van der Waals surface area contributed by atoms with Crippen LogP contribution in [0, 0.1) is 48.5 Å². The Morgan fingerprint density at radius 1 is 0.745 bits per heavy atom. The molecule has 0 heterocycles. The monoisotopic (exact) mass is 810 g/mol. The summed E-state index contributed by atoms with van der Waals surface area (Å²) in [5, 5.41) is 22.6. The lowest BCUT2D eigenvalue weighted by Crippen LogP contribution is -2.47. The SMILES string of the molecule is CCc1c(C)cc(C)c(-c2ccccc2)c1OC(=O)c1c(C)cc(OC(=O)c2c(C)c(C)c(OC(=O)[C@@]3(O)C(C)=CC(=O)C=C3OC)c(Br)c2O)c(C)c1C. The topological polar surface area (TPSA) is 146 Å². The highest BCUT2D eigenvalue weighted by Gasteiger charge is 2.48. The Balaban J connectivity index is 1.46. The van der Waals surface area contributed by atoms with Crippen LogP contribution in [0.2, 0.25) is 0 Å². The second-order valence-corrected chi connectivity index (χ2v) is 14.5. The van der Waals surface area contributed by atoms with Crippen molar-refractivity contribution in [2.24, 2.45) is 0 Å². The lowest BCUT2D eigenvalue weighted by molar-refractivity contribution is -0.151. The number of benzene rings is 4. The number of ketones is 1. The molecule has 1 aliphatic carbocycles. The van der Waals surface area contributed by atoms with Crippen LogP contribution in [0.1, 0.15) is 79.1 Å². The predicted molar refractivity (Wildman–Crippen MR) is 211 cm³/mol. The highest BCUT2D eigenvalue weighted by Crippen LogP contribution is 2.44. The number of hydrogen-bond acceptors (Lipinski definition) is 10. The van der Waals surface area contributed by atoms with Crippen LogP contribution in [0.3, 0.4) is 0 Å². The molecule has 0 bridgehead atoms. The quantitative estimate of drug-likeness (QED) is 0.124. The summed E-state index contributed by atoms with van der Waals surface area (Å²) in [6.45, 7) is 15.7. The first-order valence-electron chi connectivity index (χ1n) is 17.6. The minimum Gasteiger partial charge on any atom is -0.506 e. The first kappa shape index (κ1) is 40.7. The van der Waals surface area contributed by atoms with Gasteiger partial charge in [0, 0.05) is 11.6 Å². The molecule has 2 N–H and O–H groups in total.